The van der Waals surface area contributed by atoms with Crippen molar-refractivity contribution in [2.24, 2.45) is 0 Å². The van der Waals surface area contributed by atoms with Crippen LogP contribution < -0.4 is 0 Å². The number of hydrogen-bond acceptors (Lipinski definition) is 2. The molecule has 0 amide bonds. The highest BCUT2D eigenvalue weighted by Crippen LogP contribution is 2.32. The maximum absolute atomic E-state index is 11.4. The van der Waals surface area contributed by atoms with Crippen LogP contribution in [0, 0.1) is 0 Å². The molecule has 2 atom stereocenters. The summed E-state index contributed by atoms with van der Waals surface area (Å²) in [6, 6.07) is 21.0. The molecule has 2 aromatic carbocycles. The van der Waals surface area contributed by atoms with E-state index in [9.17, 15) is 5.11 Å². The van der Waals surface area contributed by atoms with Crippen molar-refractivity contribution in [1.29, 1.82) is 0 Å². The van der Waals surface area contributed by atoms with Gasteiger partial charge in [0.1, 0.15) is 0 Å². The van der Waals surface area contributed by atoms with Crippen LogP contribution in [-0.2, 0) is 12.0 Å². The second-order valence-corrected chi connectivity index (χ2v) is 6.75. The largest absolute Gasteiger partial charge is 0.385 e. The standard InChI is InChI=1S/C21H29NO/c1-18(22(2)3)17-21(23,20-14-8-5-9-15-20)16-10-13-19-11-6-4-7-12-19/h4-9,11-12,14-15,18,23H,10,13,16-17H2,1-3H3. The first kappa shape index (κ1) is 17.7. The first-order valence-corrected chi connectivity index (χ1v) is 8.49. The summed E-state index contributed by atoms with van der Waals surface area (Å²) in [5.74, 6) is 0. The first-order chi connectivity index (χ1) is 11.0. The highest BCUT2D eigenvalue weighted by molar-refractivity contribution is 5.23. The maximum atomic E-state index is 11.4. The van der Waals surface area contributed by atoms with Gasteiger partial charge in [0.05, 0.1) is 5.60 Å². The molecule has 2 unspecified atom stereocenters. The Labute approximate surface area is 140 Å². The lowest BCUT2D eigenvalue weighted by molar-refractivity contribution is -0.00247. The molecule has 0 spiro atoms. The van der Waals surface area contributed by atoms with Gasteiger partial charge in [0.2, 0.25) is 0 Å². The highest BCUT2D eigenvalue weighted by Gasteiger charge is 2.31. The Kier molecular flexibility index (Phi) is 6.37. The quantitative estimate of drug-likeness (QED) is 0.788. The van der Waals surface area contributed by atoms with Gasteiger partial charge >= 0.3 is 0 Å². The Hall–Kier alpha value is -1.64. The molecule has 2 nitrogen and oxygen atoms in total. The van der Waals surface area contributed by atoms with Gasteiger partial charge in [0, 0.05) is 6.04 Å². The number of nitrogens with zero attached hydrogens (tertiary/aromatic N) is 1. The minimum absolute atomic E-state index is 0.330. The van der Waals surface area contributed by atoms with Gasteiger partial charge in [-0.15, -0.1) is 0 Å². The smallest absolute Gasteiger partial charge is 0.0911 e. The molecule has 2 heteroatoms. The van der Waals surface area contributed by atoms with E-state index in [1.54, 1.807) is 0 Å². The third-order valence-corrected chi connectivity index (χ3v) is 4.72. The molecule has 1 N–H and O–H groups in total. The number of hydrogen-bond donors (Lipinski definition) is 1. The van der Waals surface area contributed by atoms with Gasteiger partial charge in [-0.2, -0.15) is 0 Å². The number of aryl methyl sites for hydroxylation is 1. The Morgan fingerprint density at radius 1 is 0.957 bits per heavy atom. The zero-order chi connectivity index (χ0) is 16.7. The second-order valence-electron chi connectivity index (χ2n) is 6.75. The second kappa shape index (κ2) is 8.28. The normalized spacial score (nSPS) is 15.3. The number of aliphatic hydroxyl groups is 1. The molecule has 0 aromatic heterocycles. The van der Waals surface area contributed by atoms with E-state index in [2.05, 4.69) is 50.2 Å². The summed E-state index contributed by atoms with van der Waals surface area (Å²) in [7, 11) is 4.14. The third kappa shape index (κ3) is 5.19. The molecular formula is C21H29NO. The zero-order valence-corrected chi connectivity index (χ0v) is 14.6. The lowest BCUT2D eigenvalue weighted by Gasteiger charge is -2.34. The van der Waals surface area contributed by atoms with Crippen LogP contribution in [-0.4, -0.2) is 30.1 Å². The van der Waals surface area contributed by atoms with Crippen molar-refractivity contribution >= 4 is 0 Å². The van der Waals surface area contributed by atoms with Crippen LogP contribution in [0.25, 0.3) is 0 Å². The fourth-order valence-corrected chi connectivity index (χ4v) is 3.01. The van der Waals surface area contributed by atoms with Gasteiger partial charge in [-0.05, 0) is 57.8 Å². The van der Waals surface area contributed by atoms with Crippen molar-refractivity contribution in [3.63, 3.8) is 0 Å². The summed E-state index contributed by atoms with van der Waals surface area (Å²) < 4.78 is 0. The topological polar surface area (TPSA) is 23.5 Å². The molecule has 23 heavy (non-hydrogen) atoms. The van der Waals surface area contributed by atoms with Crippen molar-refractivity contribution in [3.8, 4) is 0 Å². The summed E-state index contributed by atoms with van der Waals surface area (Å²) in [4.78, 5) is 2.17. The van der Waals surface area contributed by atoms with Crippen molar-refractivity contribution in [3.05, 3.63) is 71.8 Å². The summed E-state index contributed by atoms with van der Waals surface area (Å²) >= 11 is 0. The zero-order valence-electron chi connectivity index (χ0n) is 14.6. The SMILES string of the molecule is CC(CC(O)(CCCc1ccccc1)c1ccccc1)N(C)C. The Morgan fingerprint density at radius 2 is 1.52 bits per heavy atom. The average Bonchev–Trinajstić information content (AvgIpc) is 2.56. The molecule has 0 fully saturated rings. The number of rotatable bonds is 8. The lowest BCUT2D eigenvalue weighted by Crippen LogP contribution is -2.36. The van der Waals surface area contributed by atoms with Gasteiger partial charge in [0.15, 0.2) is 0 Å². The predicted molar refractivity (Wildman–Crippen MR) is 97.5 cm³/mol. The Balaban J connectivity index is 2.07. The highest BCUT2D eigenvalue weighted by atomic mass is 16.3. The molecule has 0 aliphatic carbocycles. The molecular weight excluding hydrogens is 282 g/mol. The monoisotopic (exact) mass is 311 g/mol. The third-order valence-electron chi connectivity index (χ3n) is 4.72. The van der Waals surface area contributed by atoms with E-state index in [4.69, 9.17) is 0 Å². The van der Waals surface area contributed by atoms with Crippen LogP contribution >= 0.6 is 0 Å². The maximum Gasteiger partial charge on any atom is 0.0911 e. The molecule has 0 radical (unpaired) electrons. The van der Waals surface area contributed by atoms with Crippen LogP contribution in [0.4, 0.5) is 0 Å². The van der Waals surface area contributed by atoms with Gasteiger partial charge in [-0.3, -0.25) is 0 Å². The molecule has 0 saturated heterocycles. The molecule has 0 bridgehead atoms. The van der Waals surface area contributed by atoms with E-state index in [0.717, 1.165) is 31.2 Å². The fraction of sp³-hybridized carbons (Fsp3) is 0.429. The molecule has 0 aliphatic heterocycles. The molecule has 124 valence electrons. The summed E-state index contributed by atoms with van der Waals surface area (Å²) in [6.45, 7) is 2.17. The Bertz CT molecular complexity index is 567. The van der Waals surface area contributed by atoms with E-state index in [-0.39, 0.29) is 0 Å². The molecule has 2 rings (SSSR count). The molecule has 0 aliphatic rings. The van der Waals surface area contributed by atoms with E-state index < -0.39 is 5.60 Å². The summed E-state index contributed by atoms with van der Waals surface area (Å²) in [5.41, 5.74) is 1.60. The minimum Gasteiger partial charge on any atom is -0.385 e. The van der Waals surface area contributed by atoms with E-state index in [1.807, 2.05) is 36.4 Å². The van der Waals surface area contributed by atoms with Gasteiger partial charge in [0.25, 0.3) is 0 Å². The van der Waals surface area contributed by atoms with Crippen LogP contribution in [0.5, 0.6) is 0 Å². The Morgan fingerprint density at radius 3 is 2.09 bits per heavy atom. The molecule has 0 saturated carbocycles. The molecule has 0 heterocycles. The van der Waals surface area contributed by atoms with E-state index in [1.165, 1.54) is 5.56 Å². The van der Waals surface area contributed by atoms with Crippen molar-refractivity contribution in [1.82, 2.24) is 4.90 Å². The molecule has 2 aromatic rings. The fourth-order valence-electron chi connectivity index (χ4n) is 3.01. The van der Waals surface area contributed by atoms with Crippen LogP contribution in [0.15, 0.2) is 60.7 Å². The minimum atomic E-state index is -0.764. The van der Waals surface area contributed by atoms with Crippen molar-refractivity contribution < 1.29 is 5.11 Å². The lowest BCUT2D eigenvalue weighted by atomic mass is 9.82. The van der Waals surface area contributed by atoms with Crippen LogP contribution in [0.2, 0.25) is 0 Å². The van der Waals surface area contributed by atoms with Gasteiger partial charge in [-0.1, -0.05) is 60.7 Å². The van der Waals surface area contributed by atoms with Crippen LogP contribution in [0.1, 0.15) is 37.3 Å². The van der Waals surface area contributed by atoms with Crippen molar-refractivity contribution in [2.45, 2.75) is 44.2 Å². The first-order valence-electron chi connectivity index (χ1n) is 8.49. The van der Waals surface area contributed by atoms with Crippen molar-refractivity contribution in [2.75, 3.05) is 14.1 Å². The number of benzene rings is 2. The summed E-state index contributed by atoms with van der Waals surface area (Å²) in [5, 5.41) is 11.4. The van der Waals surface area contributed by atoms with E-state index in [0.29, 0.717) is 6.04 Å². The predicted octanol–water partition coefficient (Wildman–Crippen LogP) is 4.24. The van der Waals surface area contributed by atoms with Gasteiger partial charge in [-0.25, -0.2) is 0 Å². The average molecular weight is 311 g/mol. The van der Waals surface area contributed by atoms with E-state index >= 15 is 0 Å². The summed E-state index contributed by atoms with van der Waals surface area (Å²) in [6.07, 6.45) is 3.52. The van der Waals surface area contributed by atoms with Crippen LogP contribution in [0.3, 0.4) is 0 Å². The van der Waals surface area contributed by atoms with Gasteiger partial charge < -0.3 is 10.0 Å².